The molecule has 1 fully saturated rings. The van der Waals surface area contributed by atoms with Gasteiger partial charge in [0, 0.05) is 20.1 Å². The predicted octanol–water partition coefficient (Wildman–Crippen LogP) is 2.33. The lowest BCUT2D eigenvalue weighted by Crippen LogP contribution is -2.24. The summed E-state index contributed by atoms with van der Waals surface area (Å²) in [5.41, 5.74) is 3.34. The minimum atomic E-state index is -1.01. The van der Waals surface area contributed by atoms with E-state index in [9.17, 15) is 4.79 Å². The molecule has 0 saturated heterocycles. The third kappa shape index (κ3) is 3.00. The molecule has 1 heterocycles. The minimum absolute atomic E-state index is 0.345. The Morgan fingerprint density at radius 1 is 1.52 bits per heavy atom. The number of nitrogens with one attached hydrogen (secondary N) is 1. The molecule has 1 saturated carbocycles. The summed E-state index contributed by atoms with van der Waals surface area (Å²) in [6.07, 6.45) is 2.06. The number of carboxylic acid groups (broad SMARTS) is 1. The standard InChI is InChI=1S/C15H19N3O3/c1-21-9-18-13-5-4-11(10-2-3-10)8-12(13)17-14(18)6-7-16-15(19)20/h4-5,8,10,16H,2-3,6-7,9H2,1H3,(H,19,20). The van der Waals surface area contributed by atoms with Crippen LogP contribution in [0.4, 0.5) is 4.79 Å². The number of benzene rings is 1. The van der Waals surface area contributed by atoms with Gasteiger partial charge in [-0.3, -0.25) is 0 Å². The zero-order valence-electron chi connectivity index (χ0n) is 12.0. The smallest absolute Gasteiger partial charge is 0.404 e. The lowest BCUT2D eigenvalue weighted by atomic mass is 10.1. The molecule has 21 heavy (non-hydrogen) atoms. The molecule has 3 rings (SSSR count). The molecule has 6 heteroatoms. The highest BCUT2D eigenvalue weighted by Crippen LogP contribution is 2.40. The summed E-state index contributed by atoms with van der Waals surface area (Å²) in [5.74, 6) is 1.53. The topological polar surface area (TPSA) is 76.4 Å². The van der Waals surface area contributed by atoms with Crippen molar-refractivity contribution >= 4 is 17.1 Å². The lowest BCUT2D eigenvalue weighted by Gasteiger charge is -2.08. The average Bonchev–Trinajstić information content (AvgIpc) is 3.24. The van der Waals surface area contributed by atoms with Crippen molar-refractivity contribution in [3.05, 3.63) is 29.6 Å². The number of carbonyl (C=O) groups is 1. The van der Waals surface area contributed by atoms with Crippen LogP contribution in [0, 0.1) is 0 Å². The number of fused-ring (bicyclic) bond motifs is 1. The Morgan fingerprint density at radius 2 is 2.33 bits per heavy atom. The monoisotopic (exact) mass is 289 g/mol. The van der Waals surface area contributed by atoms with Crippen LogP contribution in [-0.2, 0) is 17.9 Å². The third-order valence-electron chi connectivity index (χ3n) is 3.78. The van der Waals surface area contributed by atoms with E-state index in [0.29, 0.717) is 25.6 Å². The molecule has 1 aliphatic rings. The first-order valence-corrected chi connectivity index (χ1v) is 7.14. The van der Waals surface area contributed by atoms with Gasteiger partial charge in [-0.1, -0.05) is 6.07 Å². The van der Waals surface area contributed by atoms with Crippen LogP contribution in [-0.4, -0.2) is 34.4 Å². The Morgan fingerprint density at radius 3 is 3.00 bits per heavy atom. The van der Waals surface area contributed by atoms with Gasteiger partial charge in [-0.05, 0) is 36.5 Å². The van der Waals surface area contributed by atoms with E-state index in [-0.39, 0.29) is 0 Å². The molecule has 2 aromatic rings. The molecule has 112 valence electrons. The summed E-state index contributed by atoms with van der Waals surface area (Å²) in [6, 6.07) is 6.39. The fourth-order valence-corrected chi connectivity index (χ4v) is 2.61. The summed E-state index contributed by atoms with van der Waals surface area (Å²) >= 11 is 0. The zero-order valence-corrected chi connectivity index (χ0v) is 12.0. The molecule has 0 bridgehead atoms. The molecule has 1 aromatic heterocycles. The normalized spacial score (nSPS) is 14.5. The number of methoxy groups -OCH3 is 1. The maximum Gasteiger partial charge on any atom is 0.404 e. The van der Waals surface area contributed by atoms with Gasteiger partial charge in [0.05, 0.1) is 11.0 Å². The van der Waals surface area contributed by atoms with Gasteiger partial charge >= 0.3 is 6.09 Å². The van der Waals surface area contributed by atoms with Crippen LogP contribution < -0.4 is 5.32 Å². The van der Waals surface area contributed by atoms with Crippen LogP contribution in [0.1, 0.15) is 30.1 Å². The maximum absolute atomic E-state index is 10.5. The van der Waals surface area contributed by atoms with E-state index in [1.807, 2.05) is 4.57 Å². The van der Waals surface area contributed by atoms with Crippen molar-refractivity contribution in [2.75, 3.05) is 13.7 Å². The molecule has 1 aromatic carbocycles. The number of amides is 1. The average molecular weight is 289 g/mol. The van der Waals surface area contributed by atoms with Crippen molar-refractivity contribution in [2.45, 2.75) is 31.9 Å². The van der Waals surface area contributed by atoms with Crippen LogP contribution in [0.2, 0.25) is 0 Å². The molecular formula is C15H19N3O3. The van der Waals surface area contributed by atoms with Gasteiger partial charge in [-0.15, -0.1) is 0 Å². The molecule has 6 nitrogen and oxygen atoms in total. The van der Waals surface area contributed by atoms with Crippen molar-refractivity contribution in [3.63, 3.8) is 0 Å². The Hall–Kier alpha value is -2.08. The second-order valence-electron chi connectivity index (χ2n) is 5.38. The Balaban J connectivity index is 1.89. The summed E-state index contributed by atoms with van der Waals surface area (Å²) in [5, 5.41) is 11.0. The molecule has 0 radical (unpaired) electrons. The van der Waals surface area contributed by atoms with Crippen LogP contribution in [0.15, 0.2) is 18.2 Å². The van der Waals surface area contributed by atoms with E-state index in [1.165, 1.54) is 18.4 Å². The van der Waals surface area contributed by atoms with E-state index in [1.54, 1.807) is 7.11 Å². The molecule has 0 atom stereocenters. The van der Waals surface area contributed by atoms with Crippen molar-refractivity contribution in [3.8, 4) is 0 Å². The van der Waals surface area contributed by atoms with Crippen LogP contribution in [0.3, 0.4) is 0 Å². The highest BCUT2D eigenvalue weighted by atomic mass is 16.5. The molecule has 0 unspecified atom stereocenters. The Bertz CT molecular complexity index is 661. The maximum atomic E-state index is 10.5. The second-order valence-corrected chi connectivity index (χ2v) is 5.38. The van der Waals surface area contributed by atoms with Gasteiger partial charge in [0.1, 0.15) is 12.6 Å². The van der Waals surface area contributed by atoms with Crippen molar-refractivity contribution < 1.29 is 14.6 Å². The third-order valence-corrected chi connectivity index (χ3v) is 3.78. The molecule has 1 amide bonds. The molecule has 0 aliphatic heterocycles. The SMILES string of the molecule is COCn1c(CCNC(=O)O)nc2cc(C3CC3)ccc21. The first-order valence-electron chi connectivity index (χ1n) is 7.14. The summed E-state index contributed by atoms with van der Waals surface area (Å²) in [7, 11) is 1.64. The first kappa shape index (κ1) is 13.9. The number of imidazole rings is 1. The summed E-state index contributed by atoms with van der Waals surface area (Å²) < 4.78 is 7.23. The van der Waals surface area contributed by atoms with E-state index in [0.717, 1.165) is 16.9 Å². The van der Waals surface area contributed by atoms with Crippen molar-refractivity contribution in [1.29, 1.82) is 0 Å². The van der Waals surface area contributed by atoms with Gasteiger partial charge in [0.25, 0.3) is 0 Å². The number of hydrogen-bond donors (Lipinski definition) is 2. The molecule has 1 aliphatic carbocycles. The van der Waals surface area contributed by atoms with Crippen LogP contribution >= 0.6 is 0 Å². The van der Waals surface area contributed by atoms with Gasteiger partial charge in [0.2, 0.25) is 0 Å². The highest BCUT2D eigenvalue weighted by molar-refractivity contribution is 5.77. The van der Waals surface area contributed by atoms with Crippen molar-refractivity contribution in [2.24, 2.45) is 0 Å². The van der Waals surface area contributed by atoms with E-state index in [4.69, 9.17) is 9.84 Å². The van der Waals surface area contributed by atoms with Gasteiger partial charge in [-0.25, -0.2) is 9.78 Å². The quantitative estimate of drug-likeness (QED) is 0.855. The van der Waals surface area contributed by atoms with Crippen molar-refractivity contribution in [1.82, 2.24) is 14.9 Å². The molecule has 0 spiro atoms. The Kier molecular flexibility index (Phi) is 3.79. The zero-order chi connectivity index (χ0) is 14.8. The summed E-state index contributed by atoms with van der Waals surface area (Å²) in [4.78, 5) is 15.2. The van der Waals surface area contributed by atoms with E-state index < -0.39 is 6.09 Å². The number of aromatic nitrogens is 2. The molecule has 2 N–H and O–H groups in total. The van der Waals surface area contributed by atoms with E-state index >= 15 is 0 Å². The minimum Gasteiger partial charge on any atom is -0.465 e. The number of nitrogens with zero attached hydrogens (tertiary/aromatic N) is 2. The number of hydrogen-bond acceptors (Lipinski definition) is 3. The first-order chi connectivity index (χ1) is 10.2. The molecular weight excluding hydrogens is 270 g/mol. The fraction of sp³-hybridized carbons (Fsp3) is 0.467. The Labute approximate surface area is 122 Å². The highest BCUT2D eigenvalue weighted by Gasteiger charge is 2.24. The number of ether oxygens (including phenoxy) is 1. The lowest BCUT2D eigenvalue weighted by molar-refractivity contribution is 0.132. The van der Waals surface area contributed by atoms with Gasteiger partial charge in [-0.2, -0.15) is 0 Å². The van der Waals surface area contributed by atoms with E-state index in [2.05, 4.69) is 28.5 Å². The number of rotatable bonds is 6. The second kappa shape index (κ2) is 5.73. The predicted molar refractivity (Wildman–Crippen MR) is 78.4 cm³/mol. The van der Waals surface area contributed by atoms with Gasteiger partial charge in [0.15, 0.2) is 0 Å². The largest absolute Gasteiger partial charge is 0.465 e. The van der Waals surface area contributed by atoms with Crippen LogP contribution in [0.25, 0.3) is 11.0 Å². The van der Waals surface area contributed by atoms with Crippen LogP contribution in [0.5, 0.6) is 0 Å². The summed E-state index contributed by atoms with van der Waals surface area (Å²) in [6.45, 7) is 0.763. The fourth-order valence-electron chi connectivity index (χ4n) is 2.61. The van der Waals surface area contributed by atoms with Gasteiger partial charge < -0.3 is 19.7 Å².